The predicted octanol–water partition coefficient (Wildman–Crippen LogP) is 3.97. The molecule has 1 unspecified atom stereocenters. The predicted molar refractivity (Wildman–Crippen MR) is 86.7 cm³/mol. The molecule has 1 aromatic rings. The molecule has 1 aliphatic heterocycles. The zero-order valence-electron chi connectivity index (χ0n) is 12.2. The minimum absolute atomic E-state index is 0.206. The molecule has 1 aromatic carbocycles. The maximum absolute atomic E-state index is 5.98. The number of nitrogens with zero attached hydrogens (tertiary/aromatic N) is 1. The summed E-state index contributed by atoms with van der Waals surface area (Å²) in [6, 6.07) is 6.79. The normalized spacial score (nSPS) is 20.4. The lowest BCUT2D eigenvalue weighted by atomic mass is 9.83. The lowest BCUT2D eigenvalue weighted by Crippen LogP contribution is -2.40. The van der Waals surface area contributed by atoms with Crippen molar-refractivity contribution in [1.82, 2.24) is 0 Å². The second-order valence-corrected chi connectivity index (χ2v) is 7.56. The molecule has 1 fully saturated rings. The highest BCUT2D eigenvalue weighted by molar-refractivity contribution is 9.10. The number of rotatable bonds is 3. The quantitative estimate of drug-likeness (QED) is 0.911. The zero-order chi connectivity index (χ0) is 14.0. The summed E-state index contributed by atoms with van der Waals surface area (Å²) in [6.45, 7) is 9.10. The van der Waals surface area contributed by atoms with E-state index in [0.717, 1.165) is 24.0 Å². The van der Waals surface area contributed by atoms with Crippen molar-refractivity contribution in [3.63, 3.8) is 0 Å². The van der Waals surface area contributed by atoms with Crippen molar-refractivity contribution in [2.75, 3.05) is 18.0 Å². The van der Waals surface area contributed by atoms with Crippen molar-refractivity contribution >= 4 is 21.6 Å². The average molecular weight is 325 g/mol. The van der Waals surface area contributed by atoms with Gasteiger partial charge in [-0.1, -0.05) is 35.8 Å². The molecule has 2 nitrogen and oxygen atoms in total. The first-order valence-electron chi connectivity index (χ1n) is 7.16. The highest BCUT2D eigenvalue weighted by Crippen LogP contribution is 2.34. The average Bonchev–Trinajstić information content (AvgIpc) is 2.29. The fourth-order valence-corrected chi connectivity index (χ4v) is 3.33. The molecule has 0 saturated carbocycles. The molecule has 1 aliphatic rings. The number of nitrogens with two attached hydrogens (primary N) is 1. The molecular formula is C16H25BrN2. The molecule has 0 spiro atoms. The van der Waals surface area contributed by atoms with Gasteiger partial charge in [-0.2, -0.15) is 0 Å². The van der Waals surface area contributed by atoms with Gasteiger partial charge in [0.1, 0.15) is 0 Å². The molecule has 0 radical (unpaired) electrons. The molecule has 1 saturated heterocycles. The van der Waals surface area contributed by atoms with Gasteiger partial charge in [-0.05, 0) is 49.3 Å². The minimum Gasteiger partial charge on any atom is -0.371 e. The molecule has 1 heterocycles. The lowest BCUT2D eigenvalue weighted by Gasteiger charge is -2.40. The molecular weight excluding hydrogens is 300 g/mol. The third kappa shape index (κ3) is 3.96. The molecule has 0 amide bonds. The first-order chi connectivity index (χ1) is 8.87. The molecule has 106 valence electrons. The van der Waals surface area contributed by atoms with E-state index in [1.807, 2.05) is 0 Å². The van der Waals surface area contributed by atoms with Crippen LogP contribution in [0.3, 0.4) is 0 Å². The van der Waals surface area contributed by atoms with Gasteiger partial charge in [0.15, 0.2) is 0 Å². The van der Waals surface area contributed by atoms with E-state index < -0.39 is 0 Å². The maximum atomic E-state index is 5.98. The van der Waals surface area contributed by atoms with Crippen LogP contribution in [-0.4, -0.2) is 19.1 Å². The Labute approximate surface area is 125 Å². The third-order valence-electron chi connectivity index (χ3n) is 3.83. The Kier molecular flexibility index (Phi) is 4.57. The second-order valence-electron chi connectivity index (χ2n) is 6.64. The molecule has 2 rings (SSSR count). The van der Waals surface area contributed by atoms with Crippen LogP contribution in [0.5, 0.6) is 0 Å². The maximum Gasteiger partial charge on any atom is 0.0410 e. The Morgan fingerprint density at radius 1 is 1.42 bits per heavy atom. The van der Waals surface area contributed by atoms with E-state index in [0.29, 0.717) is 5.41 Å². The van der Waals surface area contributed by atoms with Gasteiger partial charge < -0.3 is 10.6 Å². The van der Waals surface area contributed by atoms with Crippen LogP contribution < -0.4 is 10.6 Å². The van der Waals surface area contributed by atoms with Gasteiger partial charge in [0, 0.05) is 29.3 Å². The van der Waals surface area contributed by atoms with Gasteiger partial charge >= 0.3 is 0 Å². The van der Waals surface area contributed by atoms with Gasteiger partial charge in [0.2, 0.25) is 0 Å². The fraction of sp³-hybridized carbons (Fsp3) is 0.625. The topological polar surface area (TPSA) is 29.3 Å². The van der Waals surface area contributed by atoms with Crippen LogP contribution in [0.25, 0.3) is 0 Å². The first kappa shape index (κ1) is 14.9. The molecule has 0 aromatic heterocycles. The van der Waals surface area contributed by atoms with Crippen LogP contribution in [0.1, 0.15) is 39.2 Å². The Morgan fingerprint density at radius 2 is 2.16 bits per heavy atom. The molecule has 0 bridgehead atoms. The van der Waals surface area contributed by atoms with E-state index in [9.17, 15) is 0 Å². The van der Waals surface area contributed by atoms with Crippen LogP contribution in [0.2, 0.25) is 0 Å². The SMILES string of the molecule is CC(N)Cc1ccc(Br)cc1N1CCCC(C)(C)C1. The van der Waals surface area contributed by atoms with Crippen LogP contribution >= 0.6 is 15.9 Å². The summed E-state index contributed by atoms with van der Waals surface area (Å²) in [7, 11) is 0. The van der Waals surface area contributed by atoms with Crippen molar-refractivity contribution in [2.45, 2.75) is 46.1 Å². The standard InChI is InChI=1S/C16H25BrN2/c1-12(18)9-13-5-6-14(17)10-15(13)19-8-4-7-16(2,3)11-19/h5-6,10,12H,4,7-9,11,18H2,1-3H3. The lowest BCUT2D eigenvalue weighted by molar-refractivity contribution is 0.293. The summed E-state index contributed by atoms with van der Waals surface area (Å²) >= 11 is 3.60. The highest BCUT2D eigenvalue weighted by atomic mass is 79.9. The van der Waals surface area contributed by atoms with E-state index in [4.69, 9.17) is 5.73 Å². The van der Waals surface area contributed by atoms with Crippen molar-refractivity contribution in [1.29, 1.82) is 0 Å². The van der Waals surface area contributed by atoms with Crippen LogP contribution in [-0.2, 0) is 6.42 Å². The van der Waals surface area contributed by atoms with Crippen LogP contribution in [0, 0.1) is 5.41 Å². The van der Waals surface area contributed by atoms with Gasteiger partial charge in [-0.25, -0.2) is 0 Å². The summed E-state index contributed by atoms with van der Waals surface area (Å²) in [5.74, 6) is 0. The van der Waals surface area contributed by atoms with E-state index >= 15 is 0 Å². The van der Waals surface area contributed by atoms with E-state index in [2.05, 4.69) is 59.8 Å². The van der Waals surface area contributed by atoms with E-state index in [1.165, 1.54) is 24.1 Å². The third-order valence-corrected chi connectivity index (χ3v) is 4.32. The van der Waals surface area contributed by atoms with Gasteiger partial charge in [-0.15, -0.1) is 0 Å². The molecule has 2 N–H and O–H groups in total. The Morgan fingerprint density at radius 3 is 2.79 bits per heavy atom. The monoisotopic (exact) mass is 324 g/mol. The summed E-state index contributed by atoms with van der Waals surface area (Å²) in [4.78, 5) is 2.53. The van der Waals surface area contributed by atoms with Gasteiger partial charge in [-0.3, -0.25) is 0 Å². The van der Waals surface area contributed by atoms with Crippen LogP contribution in [0.4, 0.5) is 5.69 Å². The molecule has 0 aliphatic carbocycles. The van der Waals surface area contributed by atoms with Gasteiger partial charge in [0.25, 0.3) is 0 Å². The number of anilines is 1. The van der Waals surface area contributed by atoms with Crippen LogP contribution in [0.15, 0.2) is 22.7 Å². The smallest absolute Gasteiger partial charge is 0.0410 e. The first-order valence-corrected chi connectivity index (χ1v) is 7.96. The molecule has 3 heteroatoms. The van der Waals surface area contributed by atoms with Crippen molar-refractivity contribution in [2.24, 2.45) is 11.1 Å². The second kappa shape index (κ2) is 5.84. The Balaban J connectivity index is 2.29. The number of hydrogen-bond acceptors (Lipinski definition) is 2. The molecule has 1 atom stereocenters. The zero-order valence-corrected chi connectivity index (χ0v) is 13.8. The van der Waals surface area contributed by atoms with E-state index in [-0.39, 0.29) is 6.04 Å². The summed E-state index contributed by atoms with van der Waals surface area (Å²) in [6.07, 6.45) is 3.54. The van der Waals surface area contributed by atoms with Crippen molar-refractivity contribution in [3.8, 4) is 0 Å². The number of hydrogen-bond donors (Lipinski definition) is 1. The van der Waals surface area contributed by atoms with Crippen molar-refractivity contribution < 1.29 is 0 Å². The minimum atomic E-state index is 0.206. The number of benzene rings is 1. The summed E-state index contributed by atoms with van der Waals surface area (Å²) < 4.78 is 1.15. The summed E-state index contributed by atoms with van der Waals surface area (Å²) in [5.41, 5.74) is 9.12. The highest BCUT2D eigenvalue weighted by Gasteiger charge is 2.27. The van der Waals surface area contributed by atoms with Crippen molar-refractivity contribution in [3.05, 3.63) is 28.2 Å². The Hall–Kier alpha value is -0.540. The fourth-order valence-electron chi connectivity index (χ4n) is 2.98. The largest absolute Gasteiger partial charge is 0.371 e. The molecule has 19 heavy (non-hydrogen) atoms. The Bertz CT molecular complexity index is 440. The number of piperidine rings is 1. The van der Waals surface area contributed by atoms with E-state index in [1.54, 1.807) is 0 Å². The van der Waals surface area contributed by atoms with Gasteiger partial charge in [0.05, 0.1) is 0 Å². The summed E-state index contributed by atoms with van der Waals surface area (Å²) in [5, 5.41) is 0. The number of halogens is 1.